The maximum Gasteiger partial charge on any atom is 0.360 e. The Labute approximate surface area is 221 Å². The summed E-state index contributed by atoms with van der Waals surface area (Å²) in [4.78, 5) is 50.5. The molecule has 2 aromatic heterocycles. The molecule has 0 unspecified atom stereocenters. The number of amides is 1. The Hall–Kier alpha value is -3.92. The zero-order valence-corrected chi connectivity index (χ0v) is 21.9. The molecule has 10 nitrogen and oxygen atoms in total. The van der Waals surface area contributed by atoms with Crippen LogP contribution in [0.5, 0.6) is 5.75 Å². The number of benzene rings is 1. The van der Waals surface area contributed by atoms with E-state index in [0.717, 1.165) is 50.1 Å². The molecule has 38 heavy (non-hydrogen) atoms. The molecule has 0 radical (unpaired) electrons. The first kappa shape index (κ1) is 25.7. The molecular weight excluding hydrogens is 486 g/mol. The first-order valence-corrected chi connectivity index (χ1v) is 13.1. The van der Waals surface area contributed by atoms with E-state index < -0.39 is 11.5 Å². The van der Waals surface area contributed by atoms with E-state index >= 15 is 0 Å². The standard InChI is InChI=1S/C28H33N5O5/c1-3-11-30-14-15-32(23(34)18-30)22-16-21(31-12-7-8-13-31)17-33-26(22)29-24(28(36)37-2)25(27(33)35)38-19-20-9-5-4-6-10-20/h4-6,9-10,16-17H,3,7-8,11-15,18-19H2,1-2H3. The highest BCUT2D eigenvalue weighted by atomic mass is 16.5. The molecule has 4 heterocycles. The third-order valence-corrected chi connectivity index (χ3v) is 7.06. The Balaban J connectivity index is 1.64. The van der Waals surface area contributed by atoms with Gasteiger partial charge in [0, 0.05) is 32.4 Å². The number of carbonyl (C=O) groups excluding carboxylic acids is 2. The molecule has 0 spiro atoms. The highest BCUT2D eigenvalue weighted by Gasteiger charge is 2.30. The quantitative estimate of drug-likeness (QED) is 0.419. The number of fused-ring (bicyclic) bond motifs is 1. The van der Waals surface area contributed by atoms with Crippen LogP contribution >= 0.6 is 0 Å². The number of esters is 1. The third kappa shape index (κ3) is 5.08. The Bertz CT molecular complexity index is 1380. The SMILES string of the molecule is CCCN1CCN(c2cc(N3CCCC3)cn3c(=O)c(OCc4ccccc4)c(C(=O)OC)nc23)C(=O)C1. The second-order valence-corrected chi connectivity index (χ2v) is 9.65. The number of hydrogen-bond donors (Lipinski definition) is 0. The van der Waals surface area contributed by atoms with Crippen LogP contribution in [-0.2, 0) is 16.1 Å². The van der Waals surface area contributed by atoms with E-state index in [-0.39, 0.29) is 29.6 Å². The Morgan fingerprint density at radius 3 is 2.50 bits per heavy atom. The summed E-state index contributed by atoms with van der Waals surface area (Å²) >= 11 is 0. The molecule has 0 saturated carbocycles. The Kier molecular flexibility index (Phi) is 7.59. The van der Waals surface area contributed by atoms with Gasteiger partial charge in [0.1, 0.15) is 6.61 Å². The maximum absolute atomic E-state index is 13.9. The van der Waals surface area contributed by atoms with Crippen molar-refractivity contribution in [3.05, 3.63) is 64.2 Å². The van der Waals surface area contributed by atoms with E-state index in [9.17, 15) is 14.4 Å². The monoisotopic (exact) mass is 519 g/mol. The molecule has 2 fully saturated rings. The summed E-state index contributed by atoms with van der Waals surface area (Å²) in [7, 11) is 1.24. The minimum Gasteiger partial charge on any atom is -0.481 e. The molecule has 0 bridgehead atoms. The normalized spacial score (nSPS) is 16.3. The number of hydrogen-bond acceptors (Lipinski definition) is 8. The zero-order valence-electron chi connectivity index (χ0n) is 21.9. The average molecular weight is 520 g/mol. The summed E-state index contributed by atoms with van der Waals surface area (Å²) in [5, 5.41) is 0. The topological polar surface area (TPSA) is 96.7 Å². The third-order valence-electron chi connectivity index (χ3n) is 7.06. The summed E-state index contributed by atoms with van der Waals surface area (Å²) in [6.45, 7) is 6.22. The Morgan fingerprint density at radius 2 is 1.82 bits per heavy atom. The molecule has 200 valence electrons. The highest BCUT2D eigenvalue weighted by molar-refractivity contribution is 6.00. The lowest BCUT2D eigenvalue weighted by Crippen LogP contribution is -2.50. The summed E-state index contributed by atoms with van der Waals surface area (Å²) in [6.07, 6.45) is 4.81. The predicted molar refractivity (Wildman–Crippen MR) is 144 cm³/mol. The first-order chi connectivity index (χ1) is 18.5. The smallest absolute Gasteiger partial charge is 0.360 e. The van der Waals surface area contributed by atoms with Crippen LogP contribution in [0.3, 0.4) is 0 Å². The van der Waals surface area contributed by atoms with Crippen molar-refractivity contribution in [1.29, 1.82) is 0 Å². The van der Waals surface area contributed by atoms with Gasteiger partial charge in [0.2, 0.25) is 11.7 Å². The van der Waals surface area contributed by atoms with Crippen molar-refractivity contribution < 1.29 is 19.1 Å². The van der Waals surface area contributed by atoms with E-state index in [4.69, 9.17) is 9.47 Å². The van der Waals surface area contributed by atoms with Gasteiger partial charge in [-0.05, 0) is 37.4 Å². The Morgan fingerprint density at radius 1 is 1.05 bits per heavy atom. The van der Waals surface area contributed by atoms with E-state index in [1.165, 1.54) is 11.5 Å². The summed E-state index contributed by atoms with van der Waals surface area (Å²) in [6, 6.07) is 11.3. The average Bonchev–Trinajstić information content (AvgIpc) is 3.48. The lowest BCUT2D eigenvalue weighted by molar-refractivity contribution is -0.121. The van der Waals surface area contributed by atoms with Crippen LogP contribution in [0.1, 0.15) is 42.2 Å². The van der Waals surface area contributed by atoms with Crippen LogP contribution in [0.25, 0.3) is 5.65 Å². The van der Waals surface area contributed by atoms with Gasteiger partial charge in [0.05, 0.1) is 25.0 Å². The highest BCUT2D eigenvalue weighted by Crippen LogP contribution is 2.31. The maximum atomic E-state index is 13.9. The molecule has 0 atom stereocenters. The van der Waals surface area contributed by atoms with Gasteiger partial charge in [-0.1, -0.05) is 37.3 Å². The summed E-state index contributed by atoms with van der Waals surface area (Å²) in [5.74, 6) is -1.02. The summed E-state index contributed by atoms with van der Waals surface area (Å²) in [5.41, 5.74) is 1.67. The lowest BCUT2D eigenvalue weighted by atomic mass is 10.2. The van der Waals surface area contributed by atoms with Crippen molar-refractivity contribution >= 4 is 28.9 Å². The number of anilines is 2. The number of aromatic nitrogens is 2. The van der Waals surface area contributed by atoms with Crippen molar-refractivity contribution in [2.24, 2.45) is 0 Å². The first-order valence-electron chi connectivity index (χ1n) is 13.1. The van der Waals surface area contributed by atoms with Crippen LogP contribution in [0.4, 0.5) is 11.4 Å². The molecule has 2 saturated heterocycles. The molecule has 0 aliphatic carbocycles. The number of ether oxygens (including phenoxy) is 2. The molecule has 10 heteroatoms. The van der Waals surface area contributed by atoms with Gasteiger partial charge in [-0.25, -0.2) is 9.78 Å². The molecule has 1 amide bonds. The van der Waals surface area contributed by atoms with E-state index in [1.54, 1.807) is 11.1 Å². The van der Waals surface area contributed by atoms with Crippen LogP contribution in [-0.4, -0.2) is 72.5 Å². The predicted octanol–water partition coefficient (Wildman–Crippen LogP) is 2.72. The summed E-state index contributed by atoms with van der Waals surface area (Å²) < 4.78 is 12.3. The molecule has 2 aliphatic heterocycles. The van der Waals surface area contributed by atoms with Crippen LogP contribution in [0.2, 0.25) is 0 Å². The second-order valence-electron chi connectivity index (χ2n) is 9.65. The van der Waals surface area contributed by atoms with Gasteiger partial charge >= 0.3 is 11.5 Å². The van der Waals surface area contributed by atoms with Crippen molar-refractivity contribution in [2.45, 2.75) is 32.8 Å². The molecule has 5 rings (SSSR count). The van der Waals surface area contributed by atoms with E-state index in [1.807, 2.05) is 36.4 Å². The number of rotatable bonds is 8. The van der Waals surface area contributed by atoms with Crippen molar-refractivity contribution in [1.82, 2.24) is 14.3 Å². The van der Waals surface area contributed by atoms with Crippen LogP contribution < -0.4 is 20.1 Å². The number of carbonyl (C=O) groups is 2. The molecule has 1 aromatic carbocycles. The van der Waals surface area contributed by atoms with E-state index in [2.05, 4.69) is 21.7 Å². The molecule has 3 aromatic rings. The largest absolute Gasteiger partial charge is 0.481 e. The van der Waals surface area contributed by atoms with Gasteiger partial charge in [-0.15, -0.1) is 0 Å². The fraction of sp³-hybridized carbons (Fsp3) is 0.429. The van der Waals surface area contributed by atoms with Gasteiger partial charge in [-0.2, -0.15) is 0 Å². The number of methoxy groups -OCH3 is 1. The number of nitrogens with zero attached hydrogens (tertiary/aromatic N) is 5. The van der Waals surface area contributed by atoms with Crippen molar-refractivity contribution in [2.75, 3.05) is 56.2 Å². The molecular formula is C28H33N5O5. The van der Waals surface area contributed by atoms with E-state index in [0.29, 0.717) is 25.3 Å². The molecule has 2 aliphatic rings. The van der Waals surface area contributed by atoms with Crippen molar-refractivity contribution in [3.8, 4) is 5.75 Å². The van der Waals surface area contributed by atoms with Crippen molar-refractivity contribution in [3.63, 3.8) is 0 Å². The lowest BCUT2D eigenvalue weighted by Gasteiger charge is -2.35. The van der Waals surface area contributed by atoms with Crippen LogP contribution in [0.15, 0.2) is 47.4 Å². The number of pyridine rings is 1. The minimum absolute atomic E-state index is 0.0663. The van der Waals surface area contributed by atoms with Crippen LogP contribution in [0, 0.1) is 0 Å². The number of piperazine rings is 1. The van der Waals surface area contributed by atoms with Gasteiger partial charge in [0.25, 0.3) is 0 Å². The minimum atomic E-state index is -0.777. The van der Waals surface area contributed by atoms with Gasteiger partial charge < -0.3 is 19.3 Å². The molecule has 0 N–H and O–H groups in total. The second kappa shape index (κ2) is 11.2. The van der Waals surface area contributed by atoms with Gasteiger partial charge in [-0.3, -0.25) is 18.9 Å². The van der Waals surface area contributed by atoms with Gasteiger partial charge in [0.15, 0.2) is 11.3 Å². The fourth-order valence-electron chi connectivity index (χ4n) is 5.12. The zero-order chi connectivity index (χ0) is 26.6. The fourth-order valence-corrected chi connectivity index (χ4v) is 5.12.